The van der Waals surface area contributed by atoms with E-state index < -0.39 is 29.6 Å². The van der Waals surface area contributed by atoms with Crippen LogP contribution in [0.1, 0.15) is 29.0 Å². The highest BCUT2D eigenvalue weighted by Crippen LogP contribution is 2.29. The first-order chi connectivity index (χ1) is 16.3. The van der Waals surface area contributed by atoms with Crippen LogP contribution in [0.2, 0.25) is 5.02 Å². The van der Waals surface area contributed by atoms with Gasteiger partial charge in [-0.15, -0.1) is 0 Å². The maximum absolute atomic E-state index is 13.1. The lowest BCUT2D eigenvalue weighted by Crippen LogP contribution is -2.47. The minimum absolute atomic E-state index is 0.0579. The van der Waals surface area contributed by atoms with Gasteiger partial charge in [-0.25, -0.2) is 19.1 Å². The van der Waals surface area contributed by atoms with Crippen LogP contribution in [0, 0.1) is 0 Å². The van der Waals surface area contributed by atoms with Crippen molar-refractivity contribution in [2.75, 3.05) is 6.61 Å². The van der Waals surface area contributed by atoms with Crippen molar-refractivity contribution in [2.45, 2.75) is 19.5 Å². The highest BCUT2D eigenvalue weighted by Gasteiger charge is 2.34. The number of rotatable bonds is 6. The summed E-state index contributed by atoms with van der Waals surface area (Å²) in [5.74, 6) is -2.03. The van der Waals surface area contributed by atoms with Gasteiger partial charge in [0.15, 0.2) is 5.69 Å². The molecule has 2 amide bonds. The van der Waals surface area contributed by atoms with Crippen LogP contribution in [-0.4, -0.2) is 39.5 Å². The minimum Gasteiger partial charge on any atom is -0.476 e. The molecule has 3 N–H and O–H groups in total. The van der Waals surface area contributed by atoms with Crippen molar-refractivity contribution in [3.63, 3.8) is 0 Å². The number of allylic oxidation sites excluding steroid dienone is 1. The fourth-order valence-corrected chi connectivity index (χ4v) is 3.87. The van der Waals surface area contributed by atoms with Gasteiger partial charge in [-0.05, 0) is 30.7 Å². The van der Waals surface area contributed by atoms with Gasteiger partial charge in [0.25, 0.3) is 5.56 Å². The average Bonchev–Trinajstić information content (AvgIpc) is 2.81. The monoisotopic (exact) mass is 482 g/mol. The summed E-state index contributed by atoms with van der Waals surface area (Å²) in [5.41, 5.74) is -0.231. The number of benzene rings is 2. The van der Waals surface area contributed by atoms with E-state index >= 15 is 0 Å². The molecule has 4 rings (SSSR count). The lowest BCUT2D eigenvalue weighted by atomic mass is 9.95. The van der Waals surface area contributed by atoms with E-state index in [-0.39, 0.29) is 40.9 Å². The van der Waals surface area contributed by atoms with Crippen molar-refractivity contribution < 1.29 is 24.2 Å². The number of nitrogens with zero attached hydrogens (tertiary/aromatic N) is 2. The molecule has 34 heavy (non-hydrogen) atoms. The van der Waals surface area contributed by atoms with E-state index in [0.717, 1.165) is 4.68 Å². The molecule has 1 atom stereocenters. The zero-order valence-corrected chi connectivity index (χ0v) is 18.6. The number of aromatic carboxylic acids is 1. The molecule has 0 fully saturated rings. The van der Waals surface area contributed by atoms with Crippen LogP contribution in [0.5, 0.6) is 0 Å². The van der Waals surface area contributed by atoms with E-state index in [9.17, 15) is 24.3 Å². The van der Waals surface area contributed by atoms with Crippen molar-refractivity contribution in [2.24, 2.45) is 0 Å². The number of halogens is 1. The molecule has 2 aromatic carbocycles. The van der Waals surface area contributed by atoms with Crippen LogP contribution >= 0.6 is 11.6 Å². The van der Waals surface area contributed by atoms with E-state index in [1.165, 1.54) is 12.1 Å². The van der Waals surface area contributed by atoms with Gasteiger partial charge in [-0.1, -0.05) is 41.9 Å². The van der Waals surface area contributed by atoms with Gasteiger partial charge < -0.3 is 20.5 Å². The summed E-state index contributed by atoms with van der Waals surface area (Å²) in [6, 6.07) is 11.2. The summed E-state index contributed by atoms with van der Waals surface area (Å²) in [6.45, 7) is 1.35. The van der Waals surface area contributed by atoms with Crippen molar-refractivity contribution >= 4 is 40.3 Å². The lowest BCUT2D eigenvalue weighted by molar-refractivity contribution is -0.139. The number of carboxylic acid groups (broad SMARTS) is 1. The molecular formula is C23H19ClN4O6. The number of aromatic nitrogens is 2. The minimum atomic E-state index is -1.32. The SMILES string of the molecule is CCOC(=O)C1=C(Cn2nc(C(=O)O)c3ccccc3c2=O)NC(=O)NC1c1ccc(Cl)cc1. The van der Waals surface area contributed by atoms with Crippen molar-refractivity contribution in [1.29, 1.82) is 0 Å². The van der Waals surface area contributed by atoms with Gasteiger partial charge in [-0.3, -0.25) is 4.79 Å². The van der Waals surface area contributed by atoms with Gasteiger partial charge in [0.1, 0.15) is 0 Å². The van der Waals surface area contributed by atoms with Gasteiger partial charge >= 0.3 is 18.0 Å². The molecule has 0 bridgehead atoms. The maximum Gasteiger partial charge on any atom is 0.357 e. The first-order valence-corrected chi connectivity index (χ1v) is 10.6. The van der Waals surface area contributed by atoms with Crippen molar-refractivity contribution in [3.05, 3.63) is 86.4 Å². The van der Waals surface area contributed by atoms with Gasteiger partial charge in [0, 0.05) is 10.4 Å². The summed E-state index contributed by atoms with van der Waals surface area (Å²) >= 11 is 5.97. The van der Waals surface area contributed by atoms with Crippen LogP contribution < -0.4 is 16.2 Å². The van der Waals surface area contributed by atoms with Crippen LogP contribution in [0.3, 0.4) is 0 Å². The second kappa shape index (κ2) is 9.36. The second-order valence-electron chi connectivity index (χ2n) is 7.36. The molecule has 0 aliphatic carbocycles. The Morgan fingerprint density at radius 1 is 1.12 bits per heavy atom. The van der Waals surface area contributed by atoms with Crippen LogP contribution in [-0.2, 0) is 16.1 Å². The number of ether oxygens (including phenoxy) is 1. The molecule has 3 aromatic rings. The number of hydrogen-bond acceptors (Lipinski definition) is 6. The molecule has 1 aliphatic heterocycles. The van der Waals surface area contributed by atoms with Gasteiger partial charge in [-0.2, -0.15) is 5.10 Å². The van der Waals surface area contributed by atoms with E-state index in [1.54, 1.807) is 43.3 Å². The third-order valence-electron chi connectivity index (χ3n) is 5.23. The largest absolute Gasteiger partial charge is 0.476 e. The molecule has 174 valence electrons. The van der Waals surface area contributed by atoms with E-state index in [2.05, 4.69) is 15.7 Å². The molecule has 10 nitrogen and oxygen atoms in total. The lowest BCUT2D eigenvalue weighted by Gasteiger charge is -2.29. The van der Waals surface area contributed by atoms with Crippen molar-refractivity contribution in [3.8, 4) is 0 Å². The molecule has 11 heteroatoms. The molecule has 0 saturated heterocycles. The average molecular weight is 483 g/mol. The van der Waals surface area contributed by atoms with Crippen LogP contribution in [0.15, 0.2) is 64.6 Å². The smallest absolute Gasteiger partial charge is 0.357 e. The highest BCUT2D eigenvalue weighted by atomic mass is 35.5. The number of fused-ring (bicyclic) bond motifs is 1. The molecule has 1 aromatic heterocycles. The fourth-order valence-electron chi connectivity index (χ4n) is 3.75. The number of esters is 1. The quantitative estimate of drug-likeness (QED) is 0.459. The Balaban J connectivity index is 1.89. The molecule has 0 radical (unpaired) electrons. The Kier molecular flexibility index (Phi) is 6.33. The van der Waals surface area contributed by atoms with Gasteiger partial charge in [0.05, 0.1) is 35.8 Å². The number of hydrogen-bond donors (Lipinski definition) is 3. The zero-order valence-electron chi connectivity index (χ0n) is 17.9. The molecular weight excluding hydrogens is 464 g/mol. The van der Waals surface area contributed by atoms with Gasteiger partial charge in [0.2, 0.25) is 0 Å². The third-order valence-corrected chi connectivity index (χ3v) is 5.48. The summed E-state index contributed by atoms with van der Waals surface area (Å²) in [5, 5.41) is 19.6. The zero-order chi connectivity index (χ0) is 24.4. The Labute approximate surface area is 197 Å². The highest BCUT2D eigenvalue weighted by molar-refractivity contribution is 6.30. The van der Waals surface area contributed by atoms with E-state index in [0.29, 0.717) is 10.6 Å². The maximum atomic E-state index is 13.1. The molecule has 2 heterocycles. The summed E-state index contributed by atoms with van der Waals surface area (Å²) in [7, 11) is 0. The molecule has 1 aliphatic rings. The predicted octanol–water partition coefficient (Wildman–Crippen LogP) is 2.62. The fraction of sp³-hybridized carbons (Fsp3) is 0.174. The van der Waals surface area contributed by atoms with E-state index in [1.807, 2.05) is 0 Å². The first-order valence-electron chi connectivity index (χ1n) is 10.3. The Morgan fingerprint density at radius 3 is 2.44 bits per heavy atom. The molecule has 0 spiro atoms. The third kappa shape index (κ3) is 4.35. The Bertz CT molecular complexity index is 1400. The normalized spacial score (nSPS) is 15.6. The Morgan fingerprint density at radius 2 is 1.79 bits per heavy atom. The van der Waals surface area contributed by atoms with E-state index in [4.69, 9.17) is 16.3 Å². The number of urea groups is 1. The number of carbonyl (C=O) groups is 3. The summed E-state index contributed by atoms with van der Waals surface area (Å²) in [4.78, 5) is 50.3. The first kappa shape index (κ1) is 23.0. The molecule has 0 saturated carbocycles. The second-order valence-corrected chi connectivity index (χ2v) is 7.79. The number of carboxylic acids is 1. The van der Waals surface area contributed by atoms with Crippen molar-refractivity contribution in [1.82, 2.24) is 20.4 Å². The summed E-state index contributed by atoms with van der Waals surface area (Å²) < 4.78 is 6.11. The topological polar surface area (TPSA) is 140 Å². The molecule has 1 unspecified atom stereocenters. The standard InChI is InChI=1S/C23H19ClN4O6/c1-2-34-22(32)17-16(25-23(33)26-18(17)12-7-9-13(24)10-8-12)11-28-20(29)15-6-4-3-5-14(15)19(27-28)21(30)31/h3-10,18H,2,11H2,1H3,(H,30,31)(H2,25,26,33). The van der Waals surface area contributed by atoms with Crippen LogP contribution in [0.4, 0.5) is 4.79 Å². The van der Waals surface area contributed by atoms with Crippen LogP contribution in [0.25, 0.3) is 10.8 Å². The number of carbonyl (C=O) groups excluding carboxylic acids is 2. The summed E-state index contributed by atoms with van der Waals surface area (Å²) in [6.07, 6.45) is 0. The predicted molar refractivity (Wildman–Crippen MR) is 122 cm³/mol. The number of nitrogens with one attached hydrogen (secondary N) is 2. The Hall–Kier alpha value is -4.18. The number of amides is 2.